The summed E-state index contributed by atoms with van der Waals surface area (Å²) in [7, 11) is 1.76. The summed E-state index contributed by atoms with van der Waals surface area (Å²) in [4.78, 5) is 2.41. The second kappa shape index (κ2) is 6.57. The topological polar surface area (TPSA) is 37.6 Å². The third kappa shape index (κ3) is 3.95. The van der Waals surface area contributed by atoms with E-state index in [1.54, 1.807) is 7.11 Å². The van der Waals surface area contributed by atoms with Crippen molar-refractivity contribution in [1.29, 1.82) is 0 Å². The van der Waals surface area contributed by atoms with Crippen molar-refractivity contribution in [1.82, 2.24) is 10.2 Å². The zero-order chi connectivity index (χ0) is 13.8. The average Bonchev–Trinajstić information content (AvgIpc) is 3.19. The fraction of sp³-hybridized carbons (Fsp3) is 0.625. The summed E-state index contributed by atoms with van der Waals surface area (Å²) in [5, 5.41) is 3.51. The van der Waals surface area contributed by atoms with Gasteiger partial charge < -0.3 is 14.5 Å². The quantitative estimate of drug-likeness (QED) is 0.776. The summed E-state index contributed by atoms with van der Waals surface area (Å²) in [6.45, 7) is 4.69. The predicted octanol–water partition coefficient (Wildman–Crippen LogP) is 2.31. The van der Waals surface area contributed by atoms with Crippen molar-refractivity contribution < 1.29 is 9.15 Å². The maximum Gasteiger partial charge on any atom is 0.118 e. The van der Waals surface area contributed by atoms with Crippen LogP contribution < -0.4 is 5.32 Å². The highest BCUT2D eigenvalue weighted by atomic mass is 16.5. The minimum atomic E-state index is 0.750. The van der Waals surface area contributed by atoms with Gasteiger partial charge in [-0.3, -0.25) is 4.90 Å². The Morgan fingerprint density at radius 1 is 1.45 bits per heavy atom. The van der Waals surface area contributed by atoms with Gasteiger partial charge in [0, 0.05) is 38.3 Å². The molecule has 1 aromatic rings. The Morgan fingerprint density at radius 2 is 2.35 bits per heavy atom. The second-order valence-corrected chi connectivity index (χ2v) is 5.86. The van der Waals surface area contributed by atoms with Gasteiger partial charge >= 0.3 is 0 Å². The Balaban J connectivity index is 1.45. The minimum Gasteiger partial charge on any atom is -0.468 e. The van der Waals surface area contributed by atoms with E-state index in [2.05, 4.69) is 22.4 Å². The third-order valence-electron chi connectivity index (χ3n) is 3.98. The van der Waals surface area contributed by atoms with E-state index in [0.717, 1.165) is 51.0 Å². The maximum absolute atomic E-state index is 5.67. The van der Waals surface area contributed by atoms with E-state index in [1.165, 1.54) is 24.0 Å². The molecule has 0 spiro atoms. The molecule has 1 aromatic heterocycles. The summed E-state index contributed by atoms with van der Waals surface area (Å²) in [6, 6.07) is 2.93. The molecule has 1 aliphatic carbocycles. The van der Waals surface area contributed by atoms with Gasteiger partial charge in [-0.05, 0) is 30.9 Å². The summed E-state index contributed by atoms with van der Waals surface area (Å²) in [5.41, 5.74) is 2.68. The molecule has 4 heteroatoms. The van der Waals surface area contributed by atoms with Gasteiger partial charge in [-0.2, -0.15) is 0 Å². The zero-order valence-corrected chi connectivity index (χ0v) is 12.2. The first-order valence-corrected chi connectivity index (χ1v) is 7.52. The van der Waals surface area contributed by atoms with E-state index in [0.29, 0.717) is 0 Å². The molecule has 2 heterocycles. The third-order valence-corrected chi connectivity index (χ3v) is 3.98. The summed E-state index contributed by atoms with van der Waals surface area (Å²) < 4.78 is 10.8. The lowest BCUT2D eigenvalue weighted by atomic mass is 10.1. The number of rotatable bonds is 7. The van der Waals surface area contributed by atoms with Crippen molar-refractivity contribution in [3.8, 4) is 0 Å². The highest BCUT2D eigenvalue weighted by Crippen LogP contribution is 2.20. The maximum atomic E-state index is 5.67. The fourth-order valence-corrected chi connectivity index (χ4v) is 2.59. The molecule has 3 rings (SSSR count). The highest BCUT2D eigenvalue weighted by molar-refractivity contribution is 5.14. The molecule has 2 aliphatic rings. The first-order chi connectivity index (χ1) is 9.83. The van der Waals surface area contributed by atoms with Crippen molar-refractivity contribution in [3.63, 3.8) is 0 Å². The van der Waals surface area contributed by atoms with Crippen LogP contribution in [0.5, 0.6) is 0 Å². The second-order valence-electron chi connectivity index (χ2n) is 5.86. The van der Waals surface area contributed by atoms with Gasteiger partial charge in [-0.15, -0.1) is 0 Å². The number of nitrogens with one attached hydrogen (secondary N) is 1. The van der Waals surface area contributed by atoms with Gasteiger partial charge in [0.15, 0.2) is 0 Å². The molecule has 1 aliphatic heterocycles. The molecule has 0 unspecified atom stereocenters. The van der Waals surface area contributed by atoms with E-state index in [9.17, 15) is 0 Å². The molecule has 0 amide bonds. The van der Waals surface area contributed by atoms with Crippen molar-refractivity contribution >= 4 is 0 Å². The SMILES string of the molecule is COCC1=CCN(Cc2cc(CNC3CC3)co2)CC1. The predicted molar refractivity (Wildman–Crippen MR) is 78.4 cm³/mol. The minimum absolute atomic E-state index is 0.750. The van der Waals surface area contributed by atoms with Gasteiger partial charge in [0.2, 0.25) is 0 Å². The van der Waals surface area contributed by atoms with Gasteiger partial charge in [0.05, 0.1) is 19.4 Å². The van der Waals surface area contributed by atoms with Crippen molar-refractivity contribution in [3.05, 3.63) is 35.3 Å². The molecule has 0 atom stereocenters. The molecule has 0 aromatic carbocycles. The van der Waals surface area contributed by atoms with E-state index in [1.807, 2.05) is 6.26 Å². The molecule has 20 heavy (non-hydrogen) atoms. The van der Waals surface area contributed by atoms with Crippen LogP contribution in [-0.4, -0.2) is 37.7 Å². The Morgan fingerprint density at radius 3 is 3.05 bits per heavy atom. The number of methoxy groups -OCH3 is 1. The van der Waals surface area contributed by atoms with E-state index < -0.39 is 0 Å². The average molecular weight is 276 g/mol. The number of hydrogen-bond donors (Lipinski definition) is 1. The van der Waals surface area contributed by atoms with E-state index in [4.69, 9.17) is 9.15 Å². The molecular formula is C16H24N2O2. The molecule has 4 nitrogen and oxygen atoms in total. The van der Waals surface area contributed by atoms with Crippen LogP contribution in [0.15, 0.2) is 28.4 Å². The van der Waals surface area contributed by atoms with Gasteiger partial charge in [0.1, 0.15) is 5.76 Å². The van der Waals surface area contributed by atoms with E-state index in [-0.39, 0.29) is 0 Å². The van der Waals surface area contributed by atoms with Crippen molar-refractivity contribution in [2.24, 2.45) is 0 Å². The van der Waals surface area contributed by atoms with Crippen LogP contribution in [-0.2, 0) is 17.8 Å². The first-order valence-electron chi connectivity index (χ1n) is 7.52. The molecule has 1 saturated carbocycles. The van der Waals surface area contributed by atoms with Gasteiger partial charge in [0.25, 0.3) is 0 Å². The lowest BCUT2D eigenvalue weighted by molar-refractivity contribution is 0.207. The normalized spacial score (nSPS) is 20.1. The lowest BCUT2D eigenvalue weighted by Gasteiger charge is -2.25. The molecule has 110 valence electrons. The largest absolute Gasteiger partial charge is 0.468 e. The number of furan rings is 1. The Labute approximate surface area is 120 Å². The van der Waals surface area contributed by atoms with E-state index >= 15 is 0 Å². The summed E-state index contributed by atoms with van der Waals surface area (Å²) >= 11 is 0. The number of hydrogen-bond acceptors (Lipinski definition) is 4. The summed E-state index contributed by atoms with van der Waals surface area (Å²) in [6.07, 6.45) is 7.93. The molecule has 1 fully saturated rings. The Bertz CT molecular complexity index is 463. The first kappa shape index (κ1) is 13.9. The van der Waals surface area contributed by atoms with Crippen LogP contribution in [0.2, 0.25) is 0 Å². The van der Waals surface area contributed by atoms with Crippen LogP contribution in [0.1, 0.15) is 30.6 Å². The molecule has 0 radical (unpaired) electrons. The zero-order valence-electron chi connectivity index (χ0n) is 12.2. The molecule has 1 N–H and O–H groups in total. The molecule has 0 saturated heterocycles. The van der Waals surface area contributed by atoms with Crippen LogP contribution in [0.4, 0.5) is 0 Å². The van der Waals surface area contributed by atoms with Gasteiger partial charge in [-0.25, -0.2) is 0 Å². The van der Waals surface area contributed by atoms with Crippen LogP contribution >= 0.6 is 0 Å². The van der Waals surface area contributed by atoms with Crippen LogP contribution in [0.25, 0.3) is 0 Å². The lowest BCUT2D eigenvalue weighted by Crippen LogP contribution is -2.28. The van der Waals surface area contributed by atoms with Crippen molar-refractivity contribution in [2.75, 3.05) is 26.8 Å². The smallest absolute Gasteiger partial charge is 0.118 e. The molecule has 0 bridgehead atoms. The summed E-state index contributed by atoms with van der Waals surface area (Å²) in [5.74, 6) is 1.07. The highest BCUT2D eigenvalue weighted by Gasteiger charge is 2.20. The number of ether oxygens (including phenoxy) is 1. The molecular weight excluding hydrogens is 252 g/mol. The standard InChI is InChI=1S/C16H24N2O2/c1-19-11-13-4-6-18(7-5-13)10-16-8-14(12-20-16)9-17-15-2-3-15/h4,8,12,15,17H,2-3,5-7,9-11H2,1H3. The van der Waals surface area contributed by atoms with Crippen molar-refractivity contribution in [2.45, 2.75) is 38.4 Å². The van der Waals surface area contributed by atoms with Gasteiger partial charge in [-0.1, -0.05) is 6.08 Å². The van der Waals surface area contributed by atoms with Crippen LogP contribution in [0.3, 0.4) is 0 Å². The number of nitrogens with zero attached hydrogens (tertiary/aromatic N) is 1. The fourth-order valence-electron chi connectivity index (χ4n) is 2.59. The Hall–Kier alpha value is -1.10. The monoisotopic (exact) mass is 276 g/mol. The Kier molecular flexibility index (Phi) is 4.55. The van der Waals surface area contributed by atoms with Crippen LogP contribution in [0, 0.1) is 0 Å².